The highest BCUT2D eigenvalue weighted by Gasteiger charge is 2.16. The van der Waals surface area contributed by atoms with Crippen LogP contribution in [0.15, 0.2) is 65.6 Å². The molecule has 3 aromatic rings. The lowest BCUT2D eigenvalue weighted by molar-refractivity contribution is -0.111. The van der Waals surface area contributed by atoms with E-state index in [-0.39, 0.29) is 4.90 Å². The van der Waals surface area contributed by atoms with Crippen molar-refractivity contribution in [1.82, 2.24) is 0 Å². The van der Waals surface area contributed by atoms with Crippen LogP contribution < -0.4 is 24.2 Å². The number of carbonyl (C=O) groups excluding carboxylic acids is 1. The molecule has 0 bridgehead atoms. The SMILES string of the molecule is COc1ccc(C=CC(=O)Nc2ccc(S(=O)(=O)Nc3ccc(C)c(C)c3)cc2)c(OC)c1OC. The molecule has 0 aliphatic carbocycles. The van der Waals surface area contributed by atoms with Crippen LogP contribution in [0.3, 0.4) is 0 Å². The average molecular weight is 497 g/mol. The Morgan fingerprint density at radius 2 is 1.46 bits per heavy atom. The first-order valence-electron chi connectivity index (χ1n) is 10.7. The summed E-state index contributed by atoms with van der Waals surface area (Å²) in [6.45, 7) is 3.88. The molecule has 0 aliphatic heterocycles. The third-order valence-corrected chi connectivity index (χ3v) is 6.74. The van der Waals surface area contributed by atoms with Crippen molar-refractivity contribution >= 4 is 33.4 Å². The maximum atomic E-state index is 12.7. The van der Waals surface area contributed by atoms with Crippen molar-refractivity contribution in [2.24, 2.45) is 0 Å². The van der Waals surface area contributed by atoms with E-state index >= 15 is 0 Å². The largest absolute Gasteiger partial charge is 0.493 e. The summed E-state index contributed by atoms with van der Waals surface area (Å²) in [6, 6.07) is 14.7. The molecule has 8 nitrogen and oxygen atoms in total. The lowest BCUT2D eigenvalue weighted by Crippen LogP contribution is -2.13. The van der Waals surface area contributed by atoms with Crippen molar-refractivity contribution in [3.63, 3.8) is 0 Å². The molecule has 0 aromatic heterocycles. The molecule has 0 spiro atoms. The number of benzene rings is 3. The van der Waals surface area contributed by atoms with E-state index in [0.717, 1.165) is 11.1 Å². The highest BCUT2D eigenvalue weighted by molar-refractivity contribution is 7.92. The molecule has 35 heavy (non-hydrogen) atoms. The Bertz CT molecular complexity index is 1350. The van der Waals surface area contributed by atoms with Gasteiger partial charge in [-0.1, -0.05) is 6.07 Å². The van der Waals surface area contributed by atoms with E-state index < -0.39 is 15.9 Å². The molecule has 0 radical (unpaired) electrons. The quantitative estimate of drug-likeness (QED) is 0.413. The molecule has 184 valence electrons. The maximum absolute atomic E-state index is 12.7. The van der Waals surface area contributed by atoms with Crippen LogP contribution in [0.2, 0.25) is 0 Å². The predicted octanol–water partition coefficient (Wildman–Crippen LogP) is 4.78. The molecule has 9 heteroatoms. The Labute approximate surface area is 205 Å². The third kappa shape index (κ3) is 6.13. The van der Waals surface area contributed by atoms with Gasteiger partial charge in [0.25, 0.3) is 10.0 Å². The fraction of sp³-hybridized carbons (Fsp3) is 0.192. The third-order valence-electron chi connectivity index (χ3n) is 5.34. The lowest BCUT2D eigenvalue weighted by atomic mass is 10.1. The summed E-state index contributed by atoms with van der Waals surface area (Å²) in [5.41, 5.74) is 3.62. The van der Waals surface area contributed by atoms with Crippen LogP contribution in [-0.4, -0.2) is 35.7 Å². The van der Waals surface area contributed by atoms with Crippen LogP contribution in [0.5, 0.6) is 17.2 Å². The number of methoxy groups -OCH3 is 3. The second-order valence-electron chi connectivity index (χ2n) is 7.68. The van der Waals surface area contributed by atoms with Gasteiger partial charge in [0.05, 0.1) is 26.2 Å². The van der Waals surface area contributed by atoms with Crippen LogP contribution >= 0.6 is 0 Å². The number of nitrogens with one attached hydrogen (secondary N) is 2. The Morgan fingerprint density at radius 1 is 0.800 bits per heavy atom. The van der Waals surface area contributed by atoms with Crippen LogP contribution in [-0.2, 0) is 14.8 Å². The topological polar surface area (TPSA) is 103 Å². The van der Waals surface area contributed by atoms with Gasteiger partial charge in [-0.2, -0.15) is 0 Å². The van der Waals surface area contributed by atoms with Gasteiger partial charge in [-0.3, -0.25) is 9.52 Å². The number of hydrogen-bond donors (Lipinski definition) is 2. The lowest BCUT2D eigenvalue weighted by Gasteiger charge is -2.14. The van der Waals surface area contributed by atoms with Crippen molar-refractivity contribution in [2.45, 2.75) is 18.7 Å². The van der Waals surface area contributed by atoms with E-state index in [1.165, 1.54) is 51.7 Å². The predicted molar refractivity (Wildman–Crippen MR) is 137 cm³/mol. The van der Waals surface area contributed by atoms with Gasteiger partial charge in [-0.25, -0.2) is 8.42 Å². The first-order valence-corrected chi connectivity index (χ1v) is 12.1. The molecular weight excluding hydrogens is 468 g/mol. The fourth-order valence-electron chi connectivity index (χ4n) is 3.34. The van der Waals surface area contributed by atoms with Crippen molar-refractivity contribution in [3.05, 3.63) is 77.4 Å². The van der Waals surface area contributed by atoms with Crippen molar-refractivity contribution < 1.29 is 27.4 Å². The van der Waals surface area contributed by atoms with E-state index in [1.807, 2.05) is 19.9 Å². The Morgan fingerprint density at radius 3 is 2.06 bits per heavy atom. The molecule has 3 aromatic carbocycles. The van der Waals surface area contributed by atoms with E-state index in [4.69, 9.17) is 14.2 Å². The van der Waals surface area contributed by atoms with Gasteiger partial charge in [-0.05, 0) is 79.6 Å². The van der Waals surface area contributed by atoms with Crippen molar-refractivity contribution in [1.29, 1.82) is 0 Å². The van der Waals surface area contributed by atoms with Crippen molar-refractivity contribution in [3.8, 4) is 17.2 Å². The molecule has 0 saturated carbocycles. The van der Waals surface area contributed by atoms with Crippen molar-refractivity contribution in [2.75, 3.05) is 31.4 Å². The van der Waals surface area contributed by atoms with Crippen LogP contribution in [0, 0.1) is 13.8 Å². The zero-order chi connectivity index (χ0) is 25.6. The summed E-state index contributed by atoms with van der Waals surface area (Å²) in [5, 5.41) is 2.71. The highest BCUT2D eigenvalue weighted by atomic mass is 32.2. The van der Waals surface area contributed by atoms with Crippen LogP contribution in [0.4, 0.5) is 11.4 Å². The molecule has 0 heterocycles. The first-order chi connectivity index (χ1) is 16.7. The molecule has 1 amide bonds. The number of sulfonamides is 1. The zero-order valence-electron chi connectivity index (χ0n) is 20.2. The van der Waals surface area contributed by atoms with E-state index in [9.17, 15) is 13.2 Å². The minimum atomic E-state index is -3.77. The van der Waals surface area contributed by atoms with Crippen LogP contribution in [0.25, 0.3) is 6.08 Å². The zero-order valence-corrected chi connectivity index (χ0v) is 21.0. The summed E-state index contributed by atoms with van der Waals surface area (Å²) in [7, 11) is 0.758. The molecular formula is C26H28N2O6S. The smallest absolute Gasteiger partial charge is 0.261 e. The summed E-state index contributed by atoms with van der Waals surface area (Å²) < 4.78 is 44.0. The highest BCUT2D eigenvalue weighted by Crippen LogP contribution is 2.40. The molecule has 0 saturated heterocycles. The number of ether oxygens (including phenoxy) is 3. The standard InChI is InChI=1S/C26H28N2O6S/c1-17-6-9-21(16-18(17)2)28-35(30,31)22-12-10-20(11-13-22)27-24(29)15-8-19-7-14-23(32-3)26(34-5)25(19)33-4/h6-16,28H,1-5H3,(H,27,29). The second-order valence-corrected chi connectivity index (χ2v) is 9.36. The van der Waals surface area contributed by atoms with Gasteiger partial charge >= 0.3 is 0 Å². The number of anilines is 2. The molecule has 0 atom stereocenters. The average Bonchev–Trinajstić information content (AvgIpc) is 2.84. The maximum Gasteiger partial charge on any atom is 0.261 e. The molecule has 0 fully saturated rings. The van der Waals surface area contributed by atoms with Gasteiger partial charge in [0.15, 0.2) is 11.5 Å². The number of aryl methyl sites for hydroxylation is 2. The number of rotatable bonds is 9. The fourth-order valence-corrected chi connectivity index (χ4v) is 4.39. The molecule has 2 N–H and O–H groups in total. The molecule has 0 aliphatic rings. The van der Waals surface area contributed by atoms with Gasteiger partial charge in [-0.15, -0.1) is 0 Å². The van der Waals surface area contributed by atoms with Gasteiger partial charge in [0.1, 0.15) is 0 Å². The minimum Gasteiger partial charge on any atom is -0.493 e. The second kappa shape index (κ2) is 11.0. The van der Waals surface area contributed by atoms with E-state index in [2.05, 4.69) is 10.0 Å². The van der Waals surface area contributed by atoms with Gasteiger partial charge < -0.3 is 19.5 Å². The van der Waals surface area contributed by atoms with Gasteiger partial charge in [0, 0.05) is 23.0 Å². The van der Waals surface area contributed by atoms with E-state index in [0.29, 0.717) is 34.2 Å². The molecule has 0 unspecified atom stereocenters. The summed E-state index contributed by atoms with van der Waals surface area (Å²) in [5.74, 6) is 0.962. The summed E-state index contributed by atoms with van der Waals surface area (Å²) >= 11 is 0. The Kier molecular flexibility index (Phi) is 8.03. The number of hydrogen-bond acceptors (Lipinski definition) is 6. The number of amides is 1. The first kappa shape index (κ1) is 25.6. The van der Waals surface area contributed by atoms with Gasteiger partial charge in [0.2, 0.25) is 11.7 Å². The van der Waals surface area contributed by atoms with Crippen LogP contribution in [0.1, 0.15) is 16.7 Å². The monoisotopic (exact) mass is 496 g/mol. The Balaban J connectivity index is 1.70. The minimum absolute atomic E-state index is 0.0827. The normalized spacial score (nSPS) is 11.2. The van der Waals surface area contributed by atoms with E-state index in [1.54, 1.807) is 30.3 Å². The molecule has 3 rings (SSSR count). The number of carbonyl (C=O) groups is 1. The Hall–Kier alpha value is -3.98. The summed E-state index contributed by atoms with van der Waals surface area (Å²) in [4.78, 5) is 12.5. The summed E-state index contributed by atoms with van der Waals surface area (Å²) in [6.07, 6.45) is 2.93.